The summed E-state index contributed by atoms with van der Waals surface area (Å²) >= 11 is 12.4. The Kier molecular flexibility index (Phi) is 7.36. The molecule has 0 saturated heterocycles. The number of aromatic nitrogens is 2. The third-order valence-corrected chi connectivity index (χ3v) is 5.84. The molecule has 8 heteroatoms. The minimum atomic E-state index is -0.401. The van der Waals surface area contributed by atoms with Gasteiger partial charge >= 0.3 is 0 Å². The van der Waals surface area contributed by atoms with Crippen molar-refractivity contribution in [1.29, 1.82) is 0 Å². The summed E-state index contributed by atoms with van der Waals surface area (Å²) < 4.78 is 1.54. The topological polar surface area (TPSA) is 58.4 Å². The lowest BCUT2D eigenvalue weighted by Gasteiger charge is -2.33. The highest BCUT2D eigenvalue weighted by atomic mass is 35.5. The minimum absolute atomic E-state index is 0.136. The van der Waals surface area contributed by atoms with E-state index < -0.39 is 6.04 Å². The molecule has 0 aliphatic carbocycles. The number of hydrogen-bond donors (Lipinski definition) is 0. The van der Waals surface area contributed by atoms with Gasteiger partial charge in [0.2, 0.25) is 0 Å². The van der Waals surface area contributed by atoms with Crippen LogP contribution in [0, 0.1) is 0 Å². The van der Waals surface area contributed by atoms with E-state index in [0.717, 1.165) is 0 Å². The van der Waals surface area contributed by atoms with Crippen LogP contribution in [-0.2, 0) is 7.05 Å². The van der Waals surface area contributed by atoms with Crippen molar-refractivity contribution < 1.29 is 4.79 Å². The molecule has 3 rings (SSSR count). The van der Waals surface area contributed by atoms with Crippen LogP contribution in [0.2, 0.25) is 10.0 Å². The summed E-state index contributed by atoms with van der Waals surface area (Å²) in [6.45, 7) is 3.08. The molecule has 3 aromatic rings. The minimum Gasteiger partial charge on any atom is -0.327 e. The first-order valence-corrected chi connectivity index (χ1v) is 10.9. The Bertz CT molecular complexity index is 1160. The zero-order valence-electron chi connectivity index (χ0n) is 18.1. The van der Waals surface area contributed by atoms with E-state index in [1.165, 1.54) is 4.57 Å². The van der Waals surface area contributed by atoms with Crippen molar-refractivity contribution in [3.05, 3.63) is 74.3 Å². The van der Waals surface area contributed by atoms with E-state index in [9.17, 15) is 9.59 Å². The number of amides is 1. The largest absolute Gasteiger partial charge is 0.327 e. The molecule has 0 fully saturated rings. The smallest absolute Gasteiger partial charge is 0.261 e. The molecule has 1 amide bonds. The summed E-state index contributed by atoms with van der Waals surface area (Å²) in [6, 6.07) is 11.7. The predicted molar refractivity (Wildman–Crippen MR) is 126 cm³/mol. The standard InChI is InChI=1S/C23H26Cl2N4O2/c1-5-20(21-26-19-9-7-6-8-17(19)22(30)28(21)4)29(13-12-27(2)3)23(31)16-11-10-15(24)14-18(16)25/h6-11,14,20H,5,12-13H2,1-4H3. The Balaban J connectivity index is 2.12. The maximum absolute atomic E-state index is 13.6. The third-order valence-electron chi connectivity index (χ3n) is 5.29. The number of fused-ring (bicyclic) bond motifs is 1. The van der Waals surface area contributed by atoms with Crippen molar-refractivity contribution in [2.45, 2.75) is 19.4 Å². The summed E-state index contributed by atoms with van der Waals surface area (Å²) in [4.78, 5) is 35.1. The Morgan fingerprint density at radius 1 is 1.13 bits per heavy atom. The Labute approximate surface area is 192 Å². The van der Waals surface area contributed by atoms with E-state index in [1.807, 2.05) is 44.1 Å². The van der Waals surface area contributed by atoms with Gasteiger partial charge in [-0.2, -0.15) is 0 Å². The summed E-state index contributed by atoms with van der Waals surface area (Å²) in [5, 5.41) is 1.31. The maximum atomic E-state index is 13.6. The van der Waals surface area contributed by atoms with Gasteiger partial charge in [-0.05, 0) is 50.8 Å². The molecule has 0 N–H and O–H groups in total. The van der Waals surface area contributed by atoms with E-state index in [4.69, 9.17) is 28.2 Å². The molecule has 0 aliphatic rings. The van der Waals surface area contributed by atoms with Gasteiger partial charge in [0.05, 0.1) is 27.5 Å². The summed E-state index contributed by atoms with van der Waals surface area (Å²) in [5.41, 5.74) is 0.848. The van der Waals surface area contributed by atoms with Crippen LogP contribution < -0.4 is 5.56 Å². The fourth-order valence-corrected chi connectivity index (χ4v) is 4.09. The SMILES string of the molecule is CCC(c1nc2ccccc2c(=O)n1C)N(CCN(C)C)C(=O)c1ccc(Cl)cc1Cl. The predicted octanol–water partition coefficient (Wildman–Crippen LogP) is 4.40. The van der Waals surface area contributed by atoms with Crippen molar-refractivity contribution in [2.75, 3.05) is 27.2 Å². The lowest BCUT2D eigenvalue weighted by atomic mass is 10.1. The van der Waals surface area contributed by atoms with Crippen LogP contribution in [0.15, 0.2) is 47.3 Å². The van der Waals surface area contributed by atoms with Crippen molar-refractivity contribution in [1.82, 2.24) is 19.4 Å². The molecular formula is C23H26Cl2N4O2. The third kappa shape index (κ3) is 4.92. The van der Waals surface area contributed by atoms with Crippen LogP contribution in [0.4, 0.5) is 0 Å². The average Bonchev–Trinajstić information content (AvgIpc) is 2.73. The second kappa shape index (κ2) is 9.81. The number of nitrogens with zero attached hydrogens (tertiary/aromatic N) is 4. The Morgan fingerprint density at radius 2 is 1.84 bits per heavy atom. The Hall–Kier alpha value is -2.41. The second-order valence-corrected chi connectivity index (χ2v) is 8.54. The van der Waals surface area contributed by atoms with Gasteiger partial charge in [-0.3, -0.25) is 14.2 Å². The zero-order valence-corrected chi connectivity index (χ0v) is 19.6. The molecule has 6 nitrogen and oxygen atoms in total. The number of carbonyl (C=O) groups excluding carboxylic acids is 1. The van der Waals surface area contributed by atoms with E-state index in [0.29, 0.717) is 51.8 Å². The molecule has 0 radical (unpaired) electrons. The molecule has 1 heterocycles. The quantitative estimate of drug-likeness (QED) is 0.524. The van der Waals surface area contributed by atoms with Gasteiger partial charge in [0.1, 0.15) is 5.82 Å². The fraction of sp³-hybridized carbons (Fsp3) is 0.348. The molecule has 1 aromatic heterocycles. The molecular weight excluding hydrogens is 435 g/mol. The Morgan fingerprint density at radius 3 is 2.48 bits per heavy atom. The number of rotatable bonds is 7. The molecule has 1 unspecified atom stereocenters. The second-order valence-electron chi connectivity index (χ2n) is 7.70. The molecule has 0 saturated carbocycles. The van der Waals surface area contributed by atoms with Gasteiger partial charge < -0.3 is 9.80 Å². The van der Waals surface area contributed by atoms with Crippen molar-refractivity contribution >= 4 is 40.0 Å². The fourth-order valence-electron chi connectivity index (χ4n) is 3.60. The maximum Gasteiger partial charge on any atom is 0.261 e. The highest BCUT2D eigenvalue weighted by Gasteiger charge is 2.29. The van der Waals surface area contributed by atoms with Gasteiger partial charge in [0.15, 0.2) is 0 Å². The summed E-state index contributed by atoms with van der Waals surface area (Å²) in [5.74, 6) is 0.321. The number of likely N-dealkylation sites (N-methyl/N-ethyl adjacent to an activating group) is 1. The van der Waals surface area contributed by atoms with Crippen LogP contribution in [0.1, 0.15) is 35.6 Å². The summed E-state index contributed by atoms with van der Waals surface area (Å²) in [6.07, 6.45) is 0.586. The van der Waals surface area contributed by atoms with Crippen molar-refractivity contribution in [3.8, 4) is 0 Å². The molecule has 0 bridgehead atoms. The van der Waals surface area contributed by atoms with Gasteiger partial charge in [-0.25, -0.2) is 4.98 Å². The molecule has 1 atom stereocenters. The van der Waals surface area contributed by atoms with Gasteiger partial charge in [0, 0.05) is 25.2 Å². The molecule has 0 aliphatic heterocycles. The lowest BCUT2D eigenvalue weighted by Crippen LogP contribution is -2.41. The number of halogens is 2. The number of carbonyl (C=O) groups is 1. The number of hydrogen-bond acceptors (Lipinski definition) is 4. The molecule has 0 spiro atoms. The lowest BCUT2D eigenvalue weighted by molar-refractivity contribution is 0.0643. The summed E-state index contributed by atoms with van der Waals surface area (Å²) in [7, 11) is 5.59. The first-order chi connectivity index (χ1) is 14.7. The highest BCUT2D eigenvalue weighted by molar-refractivity contribution is 6.36. The first kappa shape index (κ1) is 23.3. The van der Waals surface area contributed by atoms with E-state index in [2.05, 4.69) is 0 Å². The average molecular weight is 461 g/mol. The first-order valence-electron chi connectivity index (χ1n) is 10.1. The van der Waals surface area contributed by atoms with E-state index in [-0.39, 0.29) is 11.5 Å². The van der Waals surface area contributed by atoms with E-state index >= 15 is 0 Å². The zero-order chi connectivity index (χ0) is 22.7. The van der Waals surface area contributed by atoms with Crippen molar-refractivity contribution in [2.24, 2.45) is 7.05 Å². The van der Waals surface area contributed by atoms with Crippen LogP contribution in [0.25, 0.3) is 10.9 Å². The highest BCUT2D eigenvalue weighted by Crippen LogP contribution is 2.28. The van der Waals surface area contributed by atoms with Crippen LogP contribution >= 0.6 is 23.2 Å². The van der Waals surface area contributed by atoms with Gasteiger partial charge in [-0.15, -0.1) is 0 Å². The molecule has 2 aromatic carbocycles. The molecule has 31 heavy (non-hydrogen) atoms. The normalized spacial score (nSPS) is 12.4. The van der Waals surface area contributed by atoms with Crippen LogP contribution in [0.5, 0.6) is 0 Å². The van der Waals surface area contributed by atoms with Gasteiger partial charge in [0.25, 0.3) is 11.5 Å². The van der Waals surface area contributed by atoms with Crippen LogP contribution in [-0.4, -0.2) is 52.4 Å². The number of benzene rings is 2. The van der Waals surface area contributed by atoms with Crippen LogP contribution in [0.3, 0.4) is 0 Å². The molecule has 164 valence electrons. The van der Waals surface area contributed by atoms with Gasteiger partial charge in [-0.1, -0.05) is 42.3 Å². The number of para-hydroxylation sites is 1. The monoisotopic (exact) mass is 460 g/mol. The van der Waals surface area contributed by atoms with E-state index in [1.54, 1.807) is 36.2 Å². The van der Waals surface area contributed by atoms with Crippen molar-refractivity contribution in [3.63, 3.8) is 0 Å².